The lowest BCUT2D eigenvalue weighted by molar-refractivity contribution is 0.557. The van der Waals surface area contributed by atoms with Crippen LogP contribution in [0.4, 0.5) is 4.39 Å². The van der Waals surface area contributed by atoms with Gasteiger partial charge in [0.25, 0.3) is 0 Å². The predicted molar refractivity (Wildman–Crippen MR) is 64.4 cm³/mol. The molecule has 1 N–H and O–H groups in total. The summed E-state index contributed by atoms with van der Waals surface area (Å²) in [6.07, 6.45) is 1.37. The van der Waals surface area contributed by atoms with Crippen LogP contribution in [0.3, 0.4) is 0 Å². The molecular formula is C10H10Cl2FNO2S. The monoisotopic (exact) mass is 297 g/mol. The van der Waals surface area contributed by atoms with E-state index in [1.54, 1.807) is 0 Å². The van der Waals surface area contributed by atoms with E-state index < -0.39 is 21.4 Å². The summed E-state index contributed by atoms with van der Waals surface area (Å²) >= 11 is 11.4. The Kier molecular flexibility index (Phi) is 3.38. The Balaban J connectivity index is 2.35. The fraction of sp³-hybridized carbons (Fsp3) is 0.400. The van der Waals surface area contributed by atoms with Gasteiger partial charge in [0.2, 0.25) is 10.0 Å². The van der Waals surface area contributed by atoms with Gasteiger partial charge < -0.3 is 0 Å². The van der Waals surface area contributed by atoms with Gasteiger partial charge in [-0.25, -0.2) is 17.5 Å². The minimum Gasteiger partial charge on any atom is -0.207 e. The maximum Gasteiger partial charge on any atom is 0.242 e. The molecule has 7 heteroatoms. The summed E-state index contributed by atoms with van der Waals surface area (Å²) in [6, 6.07) is 3.22. The van der Waals surface area contributed by atoms with Gasteiger partial charge in [0.15, 0.2) is 0 Å². The maximum atomic E-state index is 13.0. The van der Waals surface area contributed by atoms with Crippen molar-refractivity contribution in [2.45, 2.75) is 23.3 Å². The number of rotatable bonds is 4. The molecule has 1 fully saturated rings. The van der Waals surface area contributed by atoms with Crippen LogP contribution in [0.1, 0.15) is 12.8 Å². The number of sulfonamides is 1. The molecule has 1 aliphatic carbocycles. The molecule has 1 aromatic rings. The third kappa shape index (κ3) is 2.73. The Morgan fingerprint density at radius 1 is 1.41 bits per heavy atom. The van der Waals surface area contributed by atoms with Gasteiger partial charge >= 0.3 is 0 Å². The maximum absolute atomic E-state index is 13.0. The molecule has 3 nitrogen and oxygen atoms in total. The summed E-state index contributed by atoms with van der Waals surface area (Å²) in [6.45, 7) is 0. The molecule has 0 heterocycles. The molecule has 0 amide bonds. The summed E-state index contributed by atoms with van der Waals surface area (Å²) in [5, 5.41) is -0.00993. The molecule has 0 aromatic heterocycles. The van der Waals surface area contributed by atoms with E-state index in [2.05, 4.69) is 4.72 Å². The van der Waals surface area contributed by atoms with Crippen molar-refractivity contribution >= 4 is 33.2 Å². The van der Waals surface area contributed by atoms with Gasteiger partial charge in [0.1, 0.15) is 10.7 Å². The highest BCUT2D eigenvalue weighted by atomic mass is 35.5. The number of alkyl halides is 1. The minimum atomic E-state index is -3.83. The van der Waals surface area contributed by atoms with E-state index in [0.717, 1.165) is 12.1 Å². The lowest BCUT2D eigenvalue weighted by Gasteiger charge is -2.15. The second-order valence-corrected chi connectivity index (χ2v) is 6.42. The molecule has 94 valence electrons. The largest absolute Gasteiger partial charge is 0.242 e. The van der Waals surface area contributed by atoms with Crippen molar-refractivity contribution in [1.29, 1.82) is 0 Å². The first-order valence-electron chi connectivity index (χ1n) is 4.94. The zero-order valence-corrected chi connectivity index (χ0v) is 11.0. The van der Waals surface area contributed by atoms with E-state index >= 15 is 0 Å². The molecule has 0 aliphatic heterocycles. The van der Waals surface area contributed by atoms with Crippen LogP contribution in [0, 0.1) is 5.82 Å². The summed E-state index contributed by atoms with van der Waals surface area (Å²) < 4.78 is 39.5. The summed E-state index contributed by atoms with van der Waals surface area (Å²) in [5.74, 6) is -0.454. The first-order chi connectivity index (χ1) is 7.88. The number of nitrogens with one attached hydrogen (secondary N) is 1. The smallest absolute Gasteiger partial charge is 0.207 e. The van der Waals surface area contributed by atoms with Crippen molar-refractivity contribution in [3.05, 3.63) is 29.0 Å². The molecule has 1 aromatic carbocycles. The van der Waals surface area contributed by atoms with Crippen molar-refractivity contribution in [3.8, 4) is 0 Å². The van der Waals surface area contributed by atoms with Crippen LogP contribution in [0.15, 0.2) is 23.1 Å². The van der Waals surface area contributed by atoms with Gasteiger partial charge in [-0.15, -0.1) is 11.6 Å². The van der Waals surface area contributed by atoms with Crippen molar-refractivity contribution in [2.75, 3.05) is 5.88 Å². The second-order valence-electron chi connectivity index (χ2n) is 4.09. The molecule has 0 spiro atoms. The van der Waals surface area contributed by atoms with Crippen molar-refractivity contribution in [1.82, 2.24) is 4.72 Å². The molecule has 2 rings (SSSR count). The van der Waals surface area contributed by atoms with E-state index in [1.807, 2.05) is 0 Å². The van der Waals surface area contributed by atoms with Crippen molar-refractivity contribution < 1.29 is 12.8 Å². The number of benzene rings is 1. The zero-order valence-electron chi connectivity index (χ0n) is 8.71. The summed E-state index contributed by atoms with van der Waals surface area (Å²) in [7, 11) is -3.83. The molecule has 0 radical (unpaired) electrons. The average molecular weight is 298 g/mol. The molecule has 0 unspecified atom stereocenters. The molecule has 0 saturated heterocycles. The van der Waals surface area contributed by atoms with Crippen LogP contribution in [0.5, 0.6) is 0 Å². The molecule has 1 saturated carbocycles. The van der Waals surface area contributed by atoms with Gasteiger partial charge in [-0.2, -0.15) is 0 Å². The topological polar surface area (TPSA) is 46.2 Å². The van der Waals surface area contributed by atoms with Crippen molar-refractivity contribution in [2.24, 2.45) is 0 Å². The summed E-state index contributed by atoms with van der Waals surface area (Å²) in [4.78, 5) is -0.254. The highest BCUT2D eigenvalue weighted by Crippen LogP contribution is 2.38. The van der Waals surface area contributed by atoms with Gasteiger partial charge in [-0.3, -0.25) is 0 Å². The fourth-order valence-corrected chi connectivity index (χ4v) is 3.82. The first kappa shape index (κ1) is 13.1. The van der Waals surface area contributed by atoms with Crippen LogP contribution in [0.25, 0.3) is 0 Å². The van der Waals surface area contributed by atoms with Gasteiger partial charge in [-0.05, 0) is 31.0 Å². The highest BCUT2D eigenvalue weighted by Gasteiger charge is 2.45. The van der Waals surface area contributed by atoms with E-state index in [-0.39, 0.29) is 15.8 Å². The quantitative estimate of drug-likeness (QED) is 0.868. The van der Waals surface area contributed by atoms with Crippen LogP contribution in [0.2, 0.25) is 5.02 Å². The van der Waals surface area contributed by atoms with Crippen molar-refractivity contribution in [3.63, 3.8) is 0 Å². The van der Waals surface area contributed by atoms with E-state index in [1.165, 1.54) is 6.07 Å². The molecular weight excluding hydrogens is 288 g/mol. The Bertz CT molecular complexity index is 543. The Hall–Kier alpha value is -0.360. The number of hydrogen-bond acceptors (Lipinski definition) is 2. The number of hydrogen-bond donors (Lipinski definition) is 1. The molecule has 0 bridgehead atoms. The Morgan fingerprint density at radius 3 is 2.59 bits per heavy atom. The number of halogens is 3. The lowest BCUT2D eigenvalue weighted by Crippen LogP contribution is -2.38. The molecule has 1 aliphatic rings. The van der Waals surface area contributed by atoms with E-state index in [0.29, 0.717) is 12.8 Å². The standard InChI is InChI=1S/C10H10Cl2FNO2S/c11-6-10(3-4-10)14-17(15,16)9-5-7(13)1-2-8(9)12/h1-2,5,14H,3-4,6H2. The van der Waals surface area contributed by atoms with E-state index in [9.17, 15) is 12.8 Å². The lowest BCUT2D eigenvalue weighted by atomic mass is 10.3. The third-order valence-corrected chi connectivity index (χ3v) is 5.21. The van der Waals surface area contributed by atoms with Gasteiger partial charge in [0.05, 0.1) is 5.02 Å². The summed E-state index contributed by atoms with van der Waals surface area (Å²) in [5.41, 5.74) is -0.587. The Morgan fingerprint density at radius 2 is 2.06 bits per heavy atom. The van der Waals surface area contributed by atoms with E-state index in [4.69, 9.17) is 23.2 Å². The fourth-order valence-electron chi connectivity index (χ4n) is 1.44. The zero-order chi connectivity index (χ0) is 12.7. The SMILES string of the molecule is O=S(=O)(NC1(CCl)CC1)c1cc(F)ccc1Cl. The average Bonchev–Trinajstić information content (AvgIpc) is 3.01. The van der Waals surface area contributed by atoms with Gasteiger partial charge in [0, 0.05) is 11.4 Å². The second kappa shape index (κ2) is 4.39. The molecule has 0 atom stereocenters. The first-order valence-corrected chi connectivity index (χ1v) is 7.33. The normalized spacial score (nSPS) is 18.1. The Labute approximate surface area is 109 Å². The molecule has 17 heavy (non-hydrogen) atoms. The van der Waals surface area contributed by atoms with Crippen LogP contribution in [-0.4, -0.2) is 19.8 Å². The van der Waals surface area contributed by atoms with Gasteiger partial charge in [-0.1, -0.05) is 11.6 Å². The third-order valence-electron chi connectivity index (χ3n) is 2.64. The van der Waals surface area contributed by atoms with Crippen LogP contribution < -0.4 is 4.72 Å². The van der Waals surface area contributed by atoms with Crippen LogP contribution in [-0.2, 0) is 10.0 Å². The minimum absolute atomic E-state index is 0.00993. The predicted octanol–water partition coefficient (Wildman–Crippen LogP) is 2.53. The highest BCUT2D eigenvalue weighted by molar-refractivity contribution is 7.89. The van der Waals surface area contributed by atoms with Crippen LogP contribution >= 0.6 is 23.2 Å².